The molecule has 0 aliphatic heterocycles. The third-order valence-electron chi connectivity index (χ3n) is 3.11. The van der Waals surface area contributed by atoms with Crippen LogP contribution in [0, 0.1) is 0 Å². The summed E-state index contributed by atoms with van der Waals surface area (Å²) in [6.45, 7) is 7.77. The van der Waals surface area contributed by atoms with Crippen molar-refractivity contribution in [3.8, 4) is 0 Å². The Labute approximate surface area is 116 Å². The lowest BCUT2D eigenvalue weighted by atomic mass is 10.1. The van der Waals surface area contributed by atoms with E-state index in [1.165, 1.54) is 6.26 Å². The van der Waals surface area contributed by atoms with E-state index in [4.69, 9.17) is 0 Å². The molecule has 0 fully saturated rings. The molecule has 1 aromatic rings. The van der Waals surface area contributed by atoms with E-state index in [0.29, 0.717) is 6.42 Å². The number of nitrogens with one attached hydrogen (secondary N) is 1. The standard InChI is InChI=1S/C13H25N3O2S/c1-5-11-10-13(16(7-3)15-11)12(14-6-2)8-9-19(4,17)18/h10,12,14H,5-9H2,1-4H3. The monoisotopic (exact) mass is 287 g/mol. The highest BCUT2D eigenvalue weighted by Gasteiger charge is 2.18. The number of hydrogen-bond acceptors (Lipinski definition) is 4. The highest BCUT2D eigenvalue weighted by Crippen LogP contribution is 2.19. The molecule has 5 nitrogen and oxygen atoms in total. The fourth-order valence-corrected chi connectivity index (χ4v) is 2.79. The molecule has 1 unspecified atom stereocenters. The Kier molecular flexibility index (Phi) is 6.00. The van der Waals surface area contributed by atoms with Crippen molar-refractivity contribution in [1.29, 1.82) is 0 Å². The van der Waals surface area contributed by atoms with Crippen molar-refractivity contribution < 1.29 is 8.42 Å². The van der Waals surface area contributed by atoms with E-state index in [2.05, 4.69) is 30.3 Å². The first-order chi connectivity index (χ1) is 8.91. The Morgan fingerprint density at radius 1 is 1.37 bits per heavy atom. The molecule has 0 saturated heterocycles. The average molecular weight is 287 g/mol. The molecule has 110 valence electrons. The second-order valence-electron chi connectivity index (χ2n) is 4.76. The van der Waals surface area contributed by atoms with Crippen molar-refractivity contribution in [3.05, 3.63) is 17.5 Å². The molecule has 0 aliphatic rings. The zero-order valence-electron chi connectivity index (χ0n) is 12.3. The molecule has 0 bridgehead atoms. The quantitative estimate of drug-likeness (QED) is 0.788. The lowest BCUT2D eigenvalue weighted by Crippen LogP contribution is -2.26. The van der Waals surface area contributed by atoms with Crippen LogP contribution in [-0.4, -0.2) is 36.8 Å². The van der Waals surface area contributed by atoms with Gasteiger partial charge in [-0.05, 0) is 32.4 Å². The molecule has 1 aromatic heterocycles. The first-order valence-corrected chi connectivity index (χ1v) is 8.95. The summed E-state index contributed by atoms with van der Waals surface area (Å²) >= 11 is 0. The maximum atomic E-state index is 11.3. The summed E-state index contributed by atoms with van der Waals surface area (Å²) in [6.07, 6.45) is 2.76. The number of hydrogen-bond donors (Lipinski definition) is 1. The van der Waals surface area contributed by atoms with Gasteiger partial charge in [0.2, 0.25) is 0 Å². The van der Waals surface area contributed by atoms with E-state index in [9.17, 15) is 8.42 Å². The van der Waals surface area contributed by atoms with Gasteiger partial charge in [0.15, 0.2) is 0 Å². The summed E-state index contributed by atoms with van der Waals surface area (Å²) in [5, 5.41) is 7.88. The van der Waals surface area contributed by atoms with Gasteiger partial charge >= 0.3 is 0 Å². The Morgan fingerprint density at radius 3 is 2.53 bits per heavy atom. The van der Waals surface area contributed by atoms with Gasteiger partial charge in [0, 0.05) is 12.8 Å². The second-order valence-corrected chi connectivity index (χ2v) is 7.02. The average Bonchev–Trinajstić information content (AvgIpc) is 2.76. The largest absolute Gasteiger partial charge is 0.309 e. The van der Waals surface area contributed by atoms with Crippen LogP contribution in [0.2, 0.25) is 0 Å². The van der Waals surface area contributed by atoms with Crippen molar-refractivity contribution in [2.75, 3.05) is 18.6 Å². The molecular weight excluding hydrogens is 262 g/mol. The van der Waals surface area contributed by atoms with Crippen LogP contribution in [-0.2, 0) is 22.8 Å². The van der Waals surface area contributed by atoms with Crippen molar-refractivity contribution in [2.45, 2.75) is 46.2 Å². The molecule has 1 N–H and O–H groups in total. The molecule has 0 amide bonds. The van der Waals surface area contributed by atoms with Gasteiger partial charge in [0.25, 0.3) is 0 Å². The normalized spacial score (nSPS) is 13.7. The maximum absolute atomic E-state index is 11.3. The molecule has 19 heavy (non-hydrogen) atoms. The van der Waals surface area contributed by atoms with Crippen molar-refractivity contribution in [1.82, 2.24) is 15.1 Å². The highest BCUT2D eigenvalue weighted by molar-refractivity contribution is 7.90. The molecule has 0 spiro atoms. The topological polar surface area (TPSA) is 64.0 Å². The third-order valence-corrected chi connectivity index (χ3v) is 4.09. The molecule has 0 aliphatic carbocycles. The Morgan fingerprint density at radius 2 is 2.05 bits per heavy atom. The van der Waals surface area contributed by atoms with Gasteiger partial charge < -0.3 is 5.32 Å². The number of aromatic nitrogens is 2. The first-order valence-electron chi connectivity index (χ1n) is 6.89. The lowest BCUT2D eigenvalue weighted by molar-refractivity contribution is 0.479. The molecule has 6 heteroatoms. The first kappa shape index (κ1) is 16.2. The summed E-state index contributed by atoms with van der Waals surface area (Å²) in [4.78, 5) is 0. The zero-order chi connectivity index (χ0) is 14.5. The molecule has 0 aromatic carbocycles. The van der Waals surface area contributed by atoms with Gasteiger partial charge in [0.1, 0.15) is 9.84 Å². The second kappa shape index (κ2) is 7.05. The van der Waals surface area contributed by atoms with Crippen LogP contribution in [0.4, 0.5) is 0 Å². The highest BCUT2D eigenvalue weighted by atomic mass is 32.2. The van der Waals surface area contributed by atoms with Crippen LogP contribution in [0.1, 0.15) is 44.6 Å². The molecule has 1 heterocycles. The van der Waals surface area contributed by atoms with Crippen molar-refractivity contribution >= 4 is 9.84 Å². The Hall–Kier alpha value is -0.880. The SMILES string of the molecule is CCNC(CCS(C)(=O)=O)c1cc(CC)nn1CC. The Bertz CT molecular complexity index is 494. The van der Waals surface area contributed by atoms with E-state index < -0.39 is 9.84 Å². The minimum absolute atomic E-state index is 0.0486. The van der Waals surface area contributed by atoms with Crippen LogP contribution < -0.4 is 5.32 Å². The Balaban J connectivity index is 2.94. The smallest absolute Gasteiger partial charge is 0.147 e. The fraction of sp³-hybridized carbons (Fsp3) is 0.769. The fourth-order valence-electron chi connectivity index (χ4n) is 2.13. The maximum Gasteiger partial charge on any atom is 0.147 e. The van der Waals surface area contributed by atoms with Gasteiger partial charge in [-0.3, -0.25) is 4.68 Å². The zero-order valence-corrected chi connectivity index (χ0v) is 13.1. The van der Waals surface area contributed by atoms with Crippen LogP contribution in [0.3, 0.4) is 0 Å². The minimum atomic E-state index is -2.93. The van der Waals surface area contributed by atoms with E-state index >= 15 is 0 Å². The number of nitrogens with zero attached hydrogens (tertiary/aromatic N) is 2. The summed E-state index contributed by atoms with van der Waals surface area (Å²) in [6, 6.07) is 2.13. The predicted molar refractivity (Wildman–Crippen MR) is 78.0 cm³/mol. The van der Waals surface area contributed by atoms with Gasteiger partial charge in [-0.2, -0.15) is 5.10 Å². The summed E-state index contributed by atoms with van der Waals surface area (Å²) < 4.78 is 24.6. The number of rotatable bonds is 8. The van der Waals surface area contributed by atoms with Crippen LogP contribution >= 0.6 is 0 Å². The molecule has 0 radical (unpaired) electrons. The lowest BCUT2D eigenvalue weighted by Gasteiger charge is -2.18. The van der Waals surface area contributed by atoms with Gasteiger partial charge in [0.05, 0.1) is 23.2 Å². The van der Waals surface area contributed by atoms with Crippen LogP contribution in [0.5, 0.6) is 0 Å². The molecule has 1 rings (SSSR count). The van der Waals surface area contributed by atoms with E-state index in [-0.39, 0.29) is 11.8 Å². The molecular formula is C13H25N3O2S. The predicted octanol–water partition coefficient (Wildman–Crippen LogP) is 1.55. The molecule has 0 saturated carbocycles. The van der Waals surface area contributed by atoms with Gasteiger partial charge in [-0.15, -0.1) is 0 Å². The van der Waals surface area contributed by atoms with E-state index in [1.54, 1.807) is 0 Å². The summed E-state index contributed by atoms with van der Waals surface area (Å²) in [5.74, 6) is 0.195. The van der Waals surface area contributed by atoms with E-state index in [1.807, 2.05) is 11.6 Å². The van der Waals surface area contributed by atoms with Gasteiger partial charge in [-0.1, -0.05) is 13.8 Å². The van der Waals surface area contributed by atoms with Crippen LogP contribution in [0.15, 0.2) is 6.07 Å². The van der Waals surface area contributed by atoms with Crippen molar-refractivity contribution in [2.24, 2.45) is 0 Å². The number of sulfone groups is 1. The van der Waals surface area contributed by atoms with Gasteiger partial charge in [-0.25, -0.2) is 8.42 Å². The third kappa shape index (κ3) is 4.95. The number of aryl methyl sites for hydroxylation is 2. The minimum Gasteiger partial charge on any atom is -0.309 e. The van der Waals surface area contributed by atoms with Crippen LogP contribution in [0.25, 0.3) is 0 Å². The summed E-state index contributed by atoms with van der Waals surface area (Å²) in [5.41, 5.74) is 2.14. The van der Waals surface area contributed by atoms with Crippen molar-refractivity contribution in [3.63, 3.8) is 0 Å². The molecule has 1 atom stereocenters. The van der Waals surface area contributed by atoms with E-state index in [0.717, 1.165) is 30.9 Å². The summed E-state index contributed by atoms with van der Waals surface area (Å²) in [7, 11) is -2.93.